The van der Waals surface area contributed by atoms with Crippen LogP contribution in [0.25, 0.3) is 28.5 Å². The van der Waals surface area contributed by atoms with Crippen LogP contribution in [0.4, 0.5) is 41.4 Å². The summed E-state index contributed by atoms with van der Waals surface area (Å²) in [5.74, 6) is -0.365. The van der Waals surface area contributed by atoms with Gasteiger partial charge in [0.1, 0.15) is 46.8 Å². The number of nitriles is 2. The molecular weight excluding hydrogens is 1050 g/mol. The minimum Gasteiger partial charge on any atom is -0.457 e. The van der Waals surface area contributed by atoms with Crippen molar-refractivity contribution in [2.45, 2.75) is 59.3 Å². The van der Waals surface area contributed by atoms with Gasteiger partial charge in [-0.25, -0.2) is 46.8 Å². The largest absolute Gasteiger partial charge is 0.457 e. The molecule has 81 heavy (non-hydrogen) atoms. The zero-order chi connectivity index (χ0) is 57.2. The van der Waals surface area contributed by atoms with Gasteiger partial charge in [-0.15, -0.1) is 0 Å². The molecule has 4 amide bonds. The van der Waals surface area contributed by atoms with Crippen LogP contribution in [0.15, 0.2) is 152 Å². The molecule has 0 spiro atoms. The third-order valence-electron chi connectivity index (χ3n) is 12.2. The zero-order valence-electron chi connectivity index (χ0n) is 44.5. The van der Waals surface area contributed by atoms with Crippen LogP contribution in [0.3, 0.4) is 0 Å². The maximum absolute atomic E-state index is 16.7. The van der Waals surface area contributed by atoms with Crippen LogP contribution < -0.4 is 30.1 Å². The Hall–Kier alpha value is -10.7. The number of halogens is 2. The van der Waals surface area contributed by atoms with Gasteiger partial charge < -0.3 is 20.1 Å². The summed E-state index contributed by atoms with van der Waals surface area (Å²) in [5.41, 5.74) is 1.18. The molecule has 20 nitrogen and oxygen atoms in total. The van der Waals surface area contributed by atoms with E-state index in [1.54, 1.807) is 104 Å². The van der Waals surface area contributed by atoms with Crippen LogP contribution in [0.2, 0.25) is 0 Å². The summed E-state index contributed by atoms with van der Waals surface area (Å²) in [5, 5.41) is 43.4. The Morgan fingerprint density at radius 3 is 1.58 bits per heavy atom. The Bertz CT molecular complexity index is 4090. The van der Waals surface area contributed by atoms with Crippen LogP contribution in [-0.4, -0.2) is 60.7 Å². The number of amides is 4. The second-order valence-corrected chi connectivity index (χ2v) is 20.9. The van der Waals surface area contributed by atoms with E-state index in [0.717, 1.165) is 27.7 Å². The van der Waals surface area contributed by atoms with E-state index in [4.69, 9.17) is 19.7 Å². The maximum atomic E-state index is 16.7. The van der Waals surface area contributed by atoms with Crippen molar-refractivity contribution in [2.24, 2.45) is 0 Å². The Kier molecular flexibility index (Phi) is 14.6. The average Bonchev–Trinajstić information content (AvgIpc) is 4.26. The highest BCUT2D eigenvalue weighted by atomic mass is 32.1. The van der Waals surface area contributed by atoms with E-state index in [-0.39, 0.29) is 45.6 Å². The first kappa shape index (κ1) is 53.7. The van der Waals surface area contributed by atoms with Gasteiger partial charge in [0.2, 0.25) is 0 Å². The average molecular weight is 1100 g/mol. The van der Waals surface area contributed by atoms with Crippen LogP contribution >= 0.6 is 11.5 Å². The SMILES string of the molecule is Cc1ncn(-c2cc(Oc3ccc(NC(=O)N(c4cc(C(C)(C)C)nn4-c4cccc(C#N)c4)N(C(=O)Nc4ccc(Oc5ccnc(-c6cnsc6)c5)cc4F)c4cc(C(C)(C)C)nn4-c4cccc(C#N)c4)c(F)c3)ccn2)n1. The number of aryl methyl sites for hydroxylation is 1. The highest BCUT2D eigenvalue weighted by Gasteiger charge is 2.39. The van der Waals surface area contributed by atoms with Crippen molar-refractivity contribution in [3.8, 4) is 63.6 Å². The van der Waals surface area contributed by atoms with Crippen LogP contribution in [0, 0.1) is 41.2 Å². The normalized spacial score (nSPS) is 11.3. The van der Waals surface area contributed by atoms with Gasteiger partial charge in [0.05, 0.1) is 69.3 Å². The summed E-state index contributed by atoms with van der Waals surface area (Å²) in [6.07, 6.45) is 6.20. The molecule has 0 saturated carbocycles. The molecular formula is C58H48F2N16O4S. The van der Waals surface area contributed by atoms with Crippen LogP contribution in [0.1, 0.15) is 69.9 Å². The van der Waals surface area contributed by atoms with Crippen LogP contribution in [0.5, 0.6) is 23.0 Å². The summed E-state index contributed by atoms with van der Waals surface area (Å²) in [7, 11) is 0. The van der Waals surface area contributed by atoms with E-state index < -0.39 is 34.5 Å². The van der Waals surface area contributed by atoms with Crippen molar-refractivity contribution in [1.29, 1.82) is 10.5 Å². The molecule has 0 radical (unpaired) electrons. The lowest BCUT2D eigenvalue weighted by Gasteiger charge is -2.34. The second-order valence-electron chi connectivity index (χ2n) is 20.3. The van der Waals surface area contributed by atoms with E-state index >= 15 is 18.4 Å². The fourth-order valence-electron chi connectivity index (χ4n) is 8.10. The van der Waals surface area contributed by atoms with Crippen molar-refractivity contribution in [3.63, 3.8) is 0 Å². The van der Waals surface area contributed by atoms with E-state index in [1.165, 1.54) is 62.4 Å². The maximum Gasteiger partial charge on any atom is 0.347 e. The minimum atomic E-state index is -1.13. The Morgan fingerprint density at radius 1 is 0.617 bits per heavy atom. The molecule has 6 aromatic heterocycles. The lowest BCUT2D eigenvalue weighted by Crippen LogP contribution is -2.55. The van der Waals surface area contributed by atoms with Gasteiger partial charge in [-0.2, -0.15) is 35.8 Å². The number of rotatable bonds is 12. The predicted octanol–water partition coefficient (Wildman–Crippen LogP) is 12.8. The number of hydrazine groups is 1. The molecule has 0 aliphatic rings. The van der Waals surface area contributed by atoms with Gasteiger partial charge in [0.15, 0.2) is 17.5 Å². The number of aromatic nitrogens is 10. The number of carbonyl (C=O) groups excluding carboxylic acids is 2. The highest BCUT2D eigenvalue weighted by molar-refractivity contribution is 7.03. The number of urea groups is 2. The second kappa shape index (κ2) is 22.0. The molecule has 0 aliphatic heterocycles. The number of benzene rings is 4. The first-order valence-electron chi connectivity index (χ1n) is 24.9. The first-order valence-corrected chi connectivity index (χ1v) is 25.7. The minimum absolute atomic E-state index is 0.0543. The number of hydrogen-bond donors (Lipinski definition) is 2. The number of nitrogens with zero attached hydrogens (tertiary/aromatic N) is 14. The van der Waals surface area contributed by atoms with E-state index in [1.807, 2.05) is 46.9 Å². The number of anilines is 4. The van der Waals surface area contributed by atoms with E-state index in [0.29, 0.717) is 51.6 Å². The topological polar surface area (TPSA) is 236 Å². The van der Waals surface area contributed by atoms with E-state index in [9.17, 15) is 10.5 Å². The van der Waals surface area contributed by atoms with Crippen LogP contribution in [-0.2, 0) is 10.8 Å². The molecule has 404 valence electrons. The molecule has 2 N–H and O–H groups in total. The third kappa shape index (κ3) is 11.8. The van der Waals surface area contributed by atoms with Gasteiger partial charge in [0, 0.05) is 70.6 Å². The lowest BCUT2D eigenvalue weighted by atomic mass is 9.92. The Balaban J connectivity index is 1.12. The molecule has 4 aromatic carbocycles. The summed E-state index contributed by atoms with van der Waals surface area (Å²) in [4.78, 5) is 44.4. The molecule has 6 heterocycles. The highest BCUT2D eigenvalue weighted by Crippen LogP contribution is 2.37. The van der Waals surface area contributed by atoms with Crippen molar-refractivity contribution < 1.29 is 27.8 Å². The molecule has 23 heteroatoms. The third-order valence-corrected chi connectivity index (χ3v) is 12.8. The van der Waals surface area contributed by atoms with Gasteiger partial charge in [-0.1, -0.05) is 53.7 Å². The fraction of sp³-hybridized carbons (Fsp3) is 0.155. The lowest BCUT2D eigenvalue weighted by molar-refractivity contribution is 0.248. The molecule has 0 atom stereocenters. The number of pyridine rings is 2. The quantitative estimate of drug-likeness (QED) is 0.108. The molecule has 0 bridgehead atoms. The molecule has 0 saturated heterocycles. The Labute approximate surface area is 466 Å². The standard InChI is InChI=1S/C58H48F2N16O4S/c1-35-65-34-72(69-35)52-27-44(19-21-64-52)80-42-15-17-48(46(60)25-42)68-56(78)76(54-29-51(58(5,6)7)71-74(54)40-13-9-11-37(23-40)31-62)75(53-28-50(57(2,3)4)70-73(53)39-12-8-10-36(22-39)30-61)55(77)67-47-16-14-41(24-45(47)59)79-43-18-20-63-49(26-43)38-32-66-81-33-38/h8-29,32-34H,1-7H3,(H,67,77)(H,68,78). The number of ether oxygens (including phenoxy) is 2. The molecule has 0 unspecified atom stereocenters. The number of carbonyl (C=O) groups is 2. The smallest absolute Gasteiger partial charge is 0.347 e. The monoisotopic (exact) mass is 1100 g/mol. The molecule has 10 rings (SSSR count). The van der Waals surface area contributed by atoms with Crippen molar-refractivity contribution in [1.82, 2.24) is 48.7 Å². The van der Waals surface area contributed by atoms with Gasteiger partial charge in [-0.3, -0.25) is 4.98 Å². The Morgan fingerprint density at radius 2 is 1.12 bits per heavy atom. The molecule has 0 aliphatic carbocycles. The van der Waals surface area contributed by atoms with Crippen molar-refractivity contribution in [2.75, 3.05) is 20.7 Å². The molecule has 0 fully saturated rings. The van der Waals surface area contributed by atoms with Gasteiger partial charge in [-0.05, 0) is 91.3 Å². The van der Waals surface area contributed by atoms with Crippen molar-refractivity contribution >= 4 is 46.6 Å². The fourth-order valence-corrected chi connectivity index (χ4v) is 8.64. The van der Waals surface area contributed by atoms with Crippen molar-refractivity contribution in [3.05, 3.63) is 192 Å². The molecule has 10 aromatic rings. The predicted molar refractivity (Wildman–Crippen MR) is 299 cm³/mol. The van der Waals surface area contributed by atoms with E-state index in [2.05, 4.69) is 47.2 Å². The zero-order valence-corrected chi connectivity index (χ0v) is 45.3. The summed E-state index contributed by atoms with van der Waals surface area (Å²) >= 11 is 1.26. The van der Waals surface area contributed by atoms with Gasteiger partial charge >= 0.3 is 12.1 Å². The number of hydrogen-bond acceptors (Lipinski definition) is 14. The summed E-state index contributed by atoms with van der Waals surface area (Å²) in [6.45, 7) is 13.1. The number of nitrogens with one attached hydrogen (secondary N) is 2. The van der Waals surface area contributed by atoms with Gasteiger partial charge in [0.25, 0.3) is 0 Å². The summed E-state index contributed by atoms with van der Waals surface area (Å²) < 4.78 is 53.8. The summed E-state index contributed by atoms with van der Waals surface area (Å²) in [6, 6.07) is 32.0. The first-order chi connectivity index (χ1) is 38.8.